The maximum atomic E-state index is 12.5. The summed E-state index contributed by atoms with van der Waals surface area (Å²) in [6.45, 7) is 3.57. The van der Waals surface area contributed by atoms with E-state index in [0.29, 0.717) is 42.5 Å². The zero-order valence-corrected chi connectivity index (χ0v) is 17.5. The molecule has 0 aliphatic heterocycles. The summed E-state index contributed by atoms with van der Waals surface area (Å²) in [6, 6.07) is 23.5. The van der Waals surface area contributed by atoms with Crippen LogP contribution in [-0.4, -0.2) is 31.6 Å². The minimum atomic E-state index is -0.242. The Morgan fingerprint density at radius 2 is 1.52 bits per heavy atom. The van der Waals surface area contributed by atoms with Gasteiger partial charge in [0.15, 0.2) is 0 Å². The number of ether oxygens (including phenoxy) is 2. The monoisotopic (exact) mass is 418 g/mol. The standard InChI is InChI=1S/C25H26N2O4/c1-2-30-15-16-31-23-13-11-20(12-14-23)25(29)27-22-10-6-9-21(18-22)26-24(28)17-19-7-4-3-5-8-19/h3-14,18H,2,15-17H2,1H3,(H,26,28)(H,27,29). The van der Waals surface area contributed by atoms with Crippen molar-refractivity contribution in [1.29, 1.82) is 0 Å². The van der Waals surface area contributed by atoms with Gasteiger partial charge in [-0.25, -0.2) is 0 Å². The Labute approximate surface area is 182 Å². The van der Waals surface area contributed by atoms with Crippen LogP contribution in [0, 0.1) is 0 Å². The molecule has 0 fully saturated rings. The first kappa shape index (κ1) is 22.1. The van der Waals surface area contributed by atoms with Gasteiger partial charge in [-0.1, -0.05) is 36.4 Å². The number of benzene rings is 3. The van der Waals surface area contributed by atoms with E-state index in [9.17, 15) is 9.59 Å². The summed E-state index contributed by atoms with van der Waals surface area (Å²) in [5.41, 5.74) is 2.67. The number of rotatable bonds is 10. The molecule has 0 spiro atoms. The number of hydrogen-bond acceptors (Lipinski definition) is 4. The van der Waals surface area contributed by atoms with Crippen molar-refractivity contribution < 1.29 is 19.1 Å². The number of carbonyl (C=O) groups excluding carboxylic acids is 2. The van der Waals surface area contributed by atoms with E-state index in [-0.39, 0.29) is 18.2 Å². The highest BCUT2D eigenvalue weighted by atomic mass is 16.5. The van der Waals surface area contributed by atoms with E-state index in [2.05, 4.69) is 10.6 Å². The van der Waals surface area contributed by atoms with Gasteiger partial charge in [0.2, 0.25) is 5.91 Å². The van der Waals surface area contributed by atoms with Crippen molar-refractivity contribution in [1.82, 2.24) is 0 Å². The molecular weight excluding hydrogens is 392 g/mol. The molecule has 6 heteroatoms. The van der Waals surface area contributed by atoms with Gasteiger partial charge in [-0.05, 0) is 55.0 Å². The third-order valence-electron chi connectivity index (χ3n) is 4.43. The smallest absolute Gasteiger partial charge is 0.255 e. The summed E-state index contributed by atoms with van der Waals surface area (Å²) in [6.07, 6.45) is 0.288. The van der Waals surface area contributed by atoms with E-state index in [1.807, 2.05) is 37.3 Å². The molecule has 3 aromatic rings. The zero-order valence-electron chi connectivity index (χ0n) is 17.5. The lowest BCUT2D eigenvalue weighted by Gasteiger charge is -2.10. The number of anilines is 2. The minimum Gasteiger partial charge on any atom is -0.491 e. The molecule has 6 nitrogen and oxygen atoms in total. The molecule has 0 aliphatic rings. The molecule has 160 valence electrons. The van der Waals surface area contributed by atoms with Crippen LogP contribution < -0.4 is 15.4 Å². The number of carbonyl (C=O) groups is 2. The Kier molecular flexibility index (Phi) is 8.20. The molecule has 31 heavy (non-hydrogen) atoms. The van der Waals surface area contributed by atoms with Gasteiger partial charge in [-0.15, -0.1) is 0 Å². The van der Waals surface area contributed by atoms with Gasteiger partial charge in [0.05, 0.1) is 13.0 Å². The predicted molar refractivity (Wildman–Crippen MR) is 122 cm³/mol. The van der Waals surface area contributed by atoms with Crippen LogP contribution >= 0.6 is 0 Å². The highest BCUT2D eigenvalue weighted by Crippen LogP contribution is 2.18. The molecule has 0 aliphatic carbocycles. The van der Waals surface area contributed by atoms with Crippen LogP contribution in [0.5, 0.6) is 5.75 Å². The van der Waals surface area contributed by atoms with Crippen molar-refractivity contribution in [2.45, 2.75) is 13.3 Å². The summed E-state index contributed by atoms with van der Waals surface area (Å²) in [4.78, 5) is 24.8. The molecule has 3 rings (SSSR count). The fourth-order valence-electron chi connectivity index (χ4n) is 2.93. The topological polar surface area (TPSA) is 76.7 Å². The quantitative estimate of drug-likeness (QED) is 0.474. The van der Waals surface area contributed by atoms with Crippen LogP contribution in [-0.2, 0) is 16.0 Å². The van der Waals surface area contributed by atoms with Gasteiger partial charge in [0.1, 0.15) is 12.4 Å². The summed E-state index contributed by atoms with van der Waals surface area (Å²) in [7, 11) is 0. The van der Waals surface area contributed by atoms with E-state index in [1.54, 1.807) is 48.5 Å². The van der Waals surface area contributed by atoms with Crippen LogP contribution in [0.25, 0.3) is 0 Å². The maximum absolute atomic E-state index is 12.5. The van der Waals surface area contributed by atoms with Gasteiger partial charge in [-0.3, -0.25) is 9.59 Å². The lowest BCUT2D eigenvalue weighted by molar-refractivity contribution is -0.115. The molecule has 0 radical (unpaired) electrons. The predicted octanol–water partition coefficient (Wildman–Crippen LogP) is 4.54. The van der Waals surface area contributed by atoms with Crippen molar-refractivity contribution in [3.63, 3.8) is 0 Å². The molecule has 0 atom stereocenters. The molecule has 0 bridgehead atoms. The minimum absolute atomic E-state index is 0.116. The van der Waals surface area contributed by atoms with Gasteiger partial charge in [0.25, 0.3) is 5.91 Å². The largest absolute Gasteiger partial charge is 0.491 e. The van der Waals surface area contributed by atoms with Crippen LogP contribution in [0.3, 0.4) is 0 Å². The first-order chi connectivity index (χ1) is 15.1. The summed E-state index contributed by atoms with van der Waals surface area (Å²) >= 11 is 0. The van der Waals surface area contributed by atoms with Gasteiger partial charge < -0.3 is 20.1 Å². The fourth-order valence-corrected chi connectivity index (χ4v) is 2.93. The van der Waals surface area contributed by atoms with Gasteiger partial charge in [-0.2, -0.15) is 0 Å². The van der Waals surface area contributed by atoms with Crippen LogP contribution in [0.2, 0.25) is 0 Å². The molecular formula is C25H26N2O4. The van der Waals surface area contributed by atoms with Crippen molar-refractivity contribution >= 4 is 23.2 Å². The van der Waals surface area contributed by atoms with Crippen molar-refractivity contribution in [2.75, 3.05) is 30.5 Å². The zero-order chi connectivity index (χ0) is 21.9. The number of hydrogen-bond donors (Lipinski definition) is 2. The summed E-state index contributed by atoms with van der Waals surface area (Å²) in [5.74, 6) is 0.322. The van der Waals surface area contributed by atoms with Gasteiger partial charge in [0, 0.05) is 23.5 Å². The Morgan fingerprint density at radius 3 is 2.23 bits per heavy atom. The molecule has 2 amide bonds. The molecule has 3 aromatic carbocycles. The second-order valence-corrected chi connectivity index (χ2v) is 6.82. The normalized spacial score (nSPS) is 10.4. The Hall–Kier alpha value is -3.64. The first-order valence-electron chi connectivity index (χ1n) is 10.2. The molecule has 0 saturated carbocycles. The second-order valence-electron chi connectivity index (χ2n) is 6.82. The van der Waals surface area contributed by atoms with E-state index < -0.39 is 0 Å². The van der Waals surface area contributed by atoms with Crippen LogP contribution in [0.15, 0.2) is 78.9 Å². The Morgan fingerprint density at radius 1 is 0.806 bits per heavy atom. The van der Waals surface area contributed by atoms with Crippen LogP contribution in [0.4, 0.5) is 11.4 Å². The second kappa shape index (κ2) is 11.5. The molecule has 0 aromatic heterocycles. The lowest BCUT2D eigenvalue weighted by Crippen LogP contribution is -2.15. The highest BCUT2D eigenvalue weighted by molar-refractivity contribution is 6.04. The molecule has 0 unspecified atom stereocenters. The first-order valence-corrected chi connectivity index (χ1v) is 10.2. The SMILES string of the molecule is CCOCCOc1ccc(C(=O)Nc2cccc(NC(=O)Cc3ccccc3)c2)cc1. The fraction of sp³-hybridized carbons (Fsp3) is 0.200. The third-order valence-corrected chi connectivity index (χ3v) is 4.43. The van der Waals surface area contributed by atoms with Crippen molar-refractivity contribution in [3.8, 4) is 5.75 Å². The highest BCUT2D eigenvalue weighted by Gasteiger charge is 2.08. The molecule has 0 heterocycles. The van der Waals surface area contributed by atoms with Crippen molar-refractivity contribution in [2.24, 2.45) is 0 Å². The third kappa shape index (κ3) is 7.28. The van der Waals surface area contributed by atoms with Crippen molar-refractivity contribution in [3.05, 3.63) is 90.0 Å². The van der Waals surface area contributed by atoms with E-state index >= 15 is 0 Å². The van der Waals surface area contributed by atoms with E-state index in [4.69, 9.17) is 9.47 Å². The van der Waals surface area contributed by atoms with E-state index in [0.717, 1.165) is 5.56 Å². The van der Waals surface area contributed by atoms with E-state index in [1.165, 1.54) is 0 Å². The Bertz CT molecular complexity index is 988. The lowest BCUT2D eigenvalue weighted by atomic mass is 10.1. The van der Waals surface area contributed by atoms with Gasteiger partial charge >= 0.3 is 0 Å². The summed E-state index contributed by atoms with van der Waals surface area (Å²) in [5, 5.41) is 5.71. The van der Waals surface area contributed by atoms with Crippen LogP contribution in [0.1, 0.15) is 22.8 Å². The average molecular weight is 418 g/mol. The number of amides is 2. The maximum Gasteiger partial charge on any atom is 0.255 e. The molecule has 2 N–H and O–H groups in total. The summed E-state index contributed by atoms with van der Waals surface area (Å²) < 4.78 is 10.8. The molecule has 0 saturated heterocycles. The number of nitrogens with one attached hydrogen (secondary N) is 2. The average Bonchev–Trinajstić information content (AvgIpc) is 2.78. The Balaban J connectivity index is 1.54.